The van der Waals surface area contributed by atoms with E-state index >= 15 is 0 Å². The minimum atomic E-state index is 0.186. The molecule has 3 heterocycles. The molecule has 0 aliphatic carbocycles. The van der Waals surface area contributed by atoms with Crippen LogP contribution in [0, 0.1) is 0 Å². The van der Waals surface area contributed by atoms with Gasteiger partial charge in [-0.2, -0.15) is 0 Å². The zero-order chi connectivity index (χ0) is 22.2. The van der Waals surface area contributed by atoms with Gasteiger partial charge in [-0.25, -0.2) is 0 Å². The van der Waals surface area contributed by atoms with E-state index in [2.05, 4.69) is 64.6 Å². The summed E-state index contributed by atoms with van der Waals surface area (Å²) in [6, 6.07) is 11.9. The molecule has 0 saturated carbocycles. The summed E-state index contributed by atoms with van der Waals surface area (Å²) in [7, 11) is 0. The van der Waals surface area contributed by atoms with E-state index in [1.54, 1.807) is 0 Å². The highest BCUT2D eigenvalue weighted by Crippen LogP contribution is 2.31. The van der Waals surface area contributed by atoms with E-state index in [9.17, 15) is 0 Å². The summed E-state index contributed by atoms with van der Waals surface area (Å²) < 4.78 is 5.71. The predicted octanol–water partition coefficient (Wildman–Crippen LogP) is 3.41. The van der Waals surface area contributed by atoms with Crippen LogP contribution in [0.5, 0.6) is 0 Å². The van der Waals surface area contributed by atoms with E-state index in [-0.39, 0.29) is 5.54 Å². The summed E-state index contributed by atoms with van der Waals surface area (Å²) in [5.41, 5.74) is 1.60. The van der Waals surface area contributed by atoms with Crippen molar-refractivity contribution in [2.45, 2.75) is 70.0 Å². The van der Waals surface area contributed by atoms with Crippen molar-refractivity contribution in [1.29, 1.82) is 0 Å². The van der Waals surface area contributed by atoms with E-state index in [0.29, 0.717) is 12.1 Å². The average Bonchev–Trinajstić information content (AvgIpc) is 3.40. The lowest BCUT2D eigenvalue weighted by Gasteiger charge is -2.43. The van der Waals surface area contributed by atoms with Gasteiger partial charge in [0, 0.05) is 50.5 Å². The summed E-state index contributed by atoms with van der Waals surface area (Å²) in [4.78, 5) is 10.4. The summed E-state index contributed by atoms with van der Waals surface area (Å²) in [6.45, 7) is 12.7. The molecule has 3 aliphatic rings. The fourth-order valence-corrected chi connectivity index (χ4v) is 5.63. The van der Waals surface area contributed by atoms with Gasteiger partial charge in [-0.15, -0.1) is 0 Å². The second kappa shape index (κ2) is 11.5. The summed E-state index contributed by atoms with van der Waals surface area (Å²) in [5, 5.41) is 7.28. The van der Waals surface area contributed by atoms with Gasteiger partial charge in [0.05, 0.1) is 6.54 Å². The van der Waals surface area contributed by atoms with E-state index < -0.39 is 0 Å². The van der Waals surface area contributed by atoms with Crippen LogP contribution in [0.2, 0.25) is 0 Å². The molecule has 3 fully saturated rings. The van der Waals surface area contributed by atoms with Crippen LogP contribution in [-0.2, 0) is 4.74 Å². The fourth-order valence-electron chi connectivity index (χ4n) is 5.63. The van der Waals surface area contributed by atoms with Crippen LogP contribution in [0.4, 0.5) is 0 Å². The minimum Gasteiger partial charge on any atom is -0.381 e. The standard InChI is InChI=1S/C26H43N5O/c1-3-27-25(28-21-26(13-19-32-20-14-26)31-15-7-8-16-31)29-24-11-17-30(18-12-24)22(2)23-9-5-4-6-10-23/h4-6,9-10,22,24H,3,7-8,11-21H2,1-2H3,(H2,27,28,29). The highest BCUT2D eigenvalue weighted by atomic mass is 16.5. The molecule has 0 radical (unpaired) electrons. The Morgan fingerprint density at radius 2 is 1.78 bits per heavy atom. The number of hydrogen-bond donors (Lipinski definition) is 2. The number of ether oxygens (including phenoxy) is 1. The zero-order valence-electron chi connectivity index (χ0n) is 20.2. The molecule has 1 aromatic carbocycles. The van der Waals surface area contributed by atoms with E-state index in [4.69, 9.17) is 9.73 Å². The van der Waals surface area contributed by atoms with Gasteiger partial charge in [-0.05, 0) is 71.0 Å². The first kappa shape index (κ1) is 23.5. The molecule has 32 heavy (non-hydrogen) atoms. The molecule has 3 saturated heterocycles. The maximum absolute atomic E-state index is 5.71. The molecule has 4 rings (SSSR count). The van der Waals surface area contributed by atoms with Gasteiger partial charge in [-0.3, -0.25) is 14.8 Å². The van der Waals surface area contributed by atoms with Crippen LogP contribution in [0.3, 0.4) is 0 Å². The quantitative estimate of drug-likeness (QED) is 0.502. The largest absolute Gasteiger partial charge is 0.381 e. The number of nitrogens with zero attached hydrogens (tertiary/aromatic N) is 3. The molecule has 2 N–H and O–H groups in total. The lowest BCUT2D eigenvalue weighted by molar-refractivity contribution is -0.0139. The first-order chi connectivity index (χ1) is 15.7. The summed E-state index contributed by atoms with van der Waals surface area (Å²) in [5.74, 6) is 0.993. The van der Waals surface area contributed by atoms with Crippen molar-refractivity contribution in [3.05, 3.63) is 35.9 Å². The van der Waals surface area contributed by atoms with Crippen molar-refractivity contribution in [2.24, 2.45) is 4.99 Å². The maximum Gasteiger partial charge on any atom is 0.191 e. The van der Waals surface area contributed by atoms with Crippen molar-refractivity contribution in [1.82, 2.24) is 20.4 Å². The lowest BCUT2D eigenvalue weighted by Crippen LogP contribution is -2.54. The Kier molecular flexibility index (Phi) is 8.44. The van der Waals surface area contributed by atoms with Crippen LogP contribution >= 0.6 is 0 Å². The SMILES string of the molecule is CCNC(=NCC1(N2CCCC2)CCOCC1)NC1CCN(C(C)c2ccccc2)CC1. The third kappa shape index (κ3) is 5.83. The van der Waals surface area contributed by atoms with Crippen LogP contribution in [0.15, 0.2) is 35.3 Å². The normalized spacial score (nSPS) is 24.4. The van der Waals surface area contributed by atoms with Crippen LogP contribution in [0.25, 0.3) is 0 Å². The van der Waals surface area contributed by atoms with Crippen LogP contribution in [-0.4, -0.2) is 79.8 Å². The molecule has 6 nitrogen and oxygen atoms in total. The molecule has 0 bridgehead atoms. The van der Waals surface area contributed by atoms with Crippen LogP contribution < -0.4 is 10.6 Å². The fraction of sp³-hybridized carbons (Fsp3) is 0.731. The Labute approximate surface area is 194 Å². The van der Waals surface area contributed by atoms with E-state index in [1.807, 2.05) is 0 Å². The molecular weight excluding hydrogens is 398 g/mol. The second-order valence-electron chi connectivity index (χ2n) is 9.77. The second-order valence-corrected chi connectivity index (χ2v) is 9.77. The molecule has 0 aromatic heterocycles. The topological polar surface area (TPSA) is 52.1 Å². The van der Waals surface area contributed by atoms with E-state index in [1.165, 1.54) is 31.5 Å². The molecule has 0 amide bonds. The molecule has 6 heteroatoms. The third-order valence-corrected chi connectivity index (χ3v) is 7.78. The Hall–Kier alpha value is -1.63. The number of guanidine groups is 1. The first-order valence-electron chi connectivity index (χ1n) is 12.9. The van der Waals surface area contributed by atoms with Crippen molar-refractivity contribution >= 4 is 5.96 Å². The van der Waals surface area contributed by atoms with Gasteiger partial charge in [0.2, 0.25) is 0 Å². The molecule has 1 unspecified atom stereocenters. The van der Waals surface area contributed by atoms with Gasteiger partial charge in [0.25, 0.3) is 0 Å². The smallest absolute Gasteiger partial charge is 0.191 e. The average molecular weight is 442 g/mol. The first-order valence-corrected chi connectivity index (χ1v) is 12.9. The molecule has 178 valence electrons. The lowest BCUT2D eigenvalue weighted by atomic mass is 9.88. The third-order valence-electron chi connectivity index (χ3n) is 7.78. The maximum atomic E-state index is 5.71. The highest BCUT2D eigenvalue weighted by Gasteiger charge is 2.39. The van der Waals surface area contributed by atoms with Gasteiger partial charge >= 0.3 is 0 Å². The van der Waals surface area contributed by atoms with Crippen molar-refractivity contribution in [2.75, 3.05) is 52.5 Å². The number of benzene rings is 1. The minimum absolute atomic E-state index is 0.186. The summed E-state index contributed by atoms with van der Waals surface area (Å²) in [6.07, 6.45) is 7.17. The number of nitrogens with one attached hydrogen (secondary N) is 2. The number of rotatable bonds is 7. The Morgan fingerprint density at radius 3 is 2.44 bits per heavy atom. The van der Waals surface area contributed by atoms with Crippen molar-refractivity contribution < 1.29 is 4.74 Å². The molecular formula is C26H43N5O. The molecule has 1 atom stereocenters. The van der Waals surface area contributed by atoms with Gasteiger partial charge in [-0.1, -0.05) is 30.3 Å². The predicted molar refractivity (Wildman–Crippen MR) is 132 cm³/mol. The number of piperidine rings is 1. The van der Waals surface area contributed by atoms with Crippen molar-refractivity contribution in [3.8, 4) is 0 Å². The van der Waals surface area contributed by atoms with Gasteiger partial charge < -0.3 is 15.4 Å². The molecule has 1 aromatic rings. The summed E-state index contributed by atoms with van der Waals surface area (Å²) >= 11 is 0. The zero-order valence-corrected chi connectivity index (χ0v) is 20.2. The van der Waals surface area contributed by atoms with Crippen LogP contribution in [0.1, 0.15) is 64.0 Å². The Bertz CT molecular complexity index is 704. The number of hydrogen-bond acceptors (Lipinski definition) is 4. The van der Waals surface area contributed by atoms with Crippen molar-refractivity contribution in [3.63, 3.8) is 0 Å². The Morgan fingerprint density at radius 1 is 1.09 bits per heavy atom. The van der Waals surface area contributed by atoms with Gasteiger partial charge in [0.1, 0.15) is 0 Å². The number of aliphatic imine (C=N–C) groups is 1. The molecule has 0 spiro atoms. The monoisotopic (exact) mass is 441 g/mol. The highest BCUT2D eigenvalue weighted by molar-refractivity contribution is 5.80. The van der Waals surface area contributed by atoms with Gasteiger partial charge in [0.15, 0.2) is 5.96 Å². The Balaban J connectivity index is 1.33. The number of likely N-dealkylation sites (tertiary alicyclic amines) is 2. The molecule has 3 aliphatic heterocycles. The van der Waals surface area contributed by atoms with E-state index in [0.717, 1.165) is 71.0 Å².